The van der Waals surface area contributed by atoms with E-state index in [1.165, 1.54) is 12.8 Å². The van der Waals surface area contributed by atoms with Crippen molar-refractivity contribution in [2.24, 2.45) is 0 Å². The monoisotopic (exact) mass is 120 g/mol. The van der Waals surface area contributed by atoms with E-state index in [9.17, 15) is 0 Å². The van der Waals surface area contributed by atoms with Crippen molar-refractivity contribution in [3.05, 3.63) is 0 Å². The molecule has 0 fully saturated rings. The Labute approximate surface area is 51.2 Å². The van der Waals surface area contributed by atoms with Gasteiger partial charge in [-0.25, -0.2) is 0 Å². The van der Waals surface area contributed by atoms with Crippen LogP contribution in [0.3, 0.4) is 0 Å². The van der Waals surface area contributed by atoms with Crippen LogP contribution in [-0.2, 0) is 20.7 Å². The van der Waals surface area contributed by atoms with Gasteiger partial charge in [-0.3, -0.25) is 0 Å². The molecule has 1 nitrogen and oxygen atoms in total. The van der Waals surface area contributed by atoms with E-state index in [1.54, 1.807) is 0 Å². The fourth-order valence-electron chi connectivity index (χ4n) is 0.265. The van der Waals surface area contributed by atoms with Crippen molar-refractivity contribution in [1.29, 1.82) is 0 Å². The molecule has 0 heterocycles. The Hall–Kier alpha value is 0.674. The van der Waals surface area contributed by atoms with Gasteiger partial charge < -0.3 is 0 Å². The summed E-state index contributed by atoms with van der Waals surface area (Å²) in [7, 11) is 0. The molecule has 0 aromatic carbocycles. The molecule has 2 heteroatoms. The van der Waals surface area contributed by atoms with Crippen LogP contribution in [0, 0.1) is 0 Å². The second kappa shape index (κ2) is 5.67. The molecular formula is C4H10NTi. The minimum atomic E-state index is 1.16. The molecule has 35 valence electrons. The molecule has 0 aliphatic rings. The van der Waals surface area contributed by atoms with E-state index < -0.39 is 0 Å². The Morgan fingerprint density at radius 3 is 2.50 bits per heavy atom. The van der Waals surface area contributed by atoms with Gasteiger partial charge in [0.25, 0.3) is 0 Å². The Balaban J connectivity index is 2.34. The van der Waals surface area contributed by atoms with Crippen molar-refractivity contribution in [3.63, 3.8) is 0 Å². The van der Waals surface area contributed by atoms with Crippen molar-refractivity contribution < 1.29 is 20.7 Å². The van der Waals surface area contributed by atoms with Crippen LogP contribution in [0.15, 0.2) is 0 Å². The first kappa shape index (κ1) is 6.67. The molecular weight excluding hydrogens is 110 g/mol. The summed E-state index contributed by atoms with van der Waals surface area (Å²) in [6.07, 6.45) is 2.59. The number of hydrogen-bond donors (Lipinski definition) is 1. The summed E-state index contributed by atoms with van der Waals surface area (Å²) in [5.74, 6) is 0. The zero-order valence-electron chi connectivity index (χ0n) is 4.12. The number of hydrogen-bond acceptors (Lipinski definition) is 1. The van der Waals surface area contributed by atoms with Gasteiger partial charge in [0.15, 0.2) is 0 Å². The van der Waals surface area contributed by atoms with Crippen molar-refractivity contribution in [2.75, 3.05) is 6.54 Å². The molecule has 0 saturated carbocycles. The Kier molecular flexibility index (Phi) is 6.31. The van der Waals surface area contributed by atoms with Crippen LogP contribution >= 0.6 is 0 Å². The van der Waals surface area contributed by atoms with Crippen LogP contribution in [0.1, 0.15) is 19.8 Å². The quantitative estimate of drug-likeness (QED) is 0.429. The van der Waals surface area contributed by atoms with Crippen molar-refractivity contribution in [2.45, 2.75) is 19.8 Å². The minimum absolute atomic E-state index is 1.16. The van der Waals surface area contributed by atoms with Gasteiger partial charge in [0.1, 0.15) is 0 Å². The van der Waals surface area contributed by atoms with Gasteiger partial charge >= 0.3 is 50.8 Å². The molecule has 6 heavy (non-hydrogen) atoms. The molecule has 0 unspecified atom stereocenters. The van der Waals surface area contributed by atoms with Crippen LogP contribution in [0.5, 0.6) is 0 Å². The summed E-state index contributed by atoms with van der Waals surface area (Å²) >= 11 is 1.98. The van der Waals surface area contributed by atoms with Gasteiger partial charge in [0.2, 0.25) is 0 Å². The van der Waals surface area contributed by atoms with E-state index in [-0.39, 0.29) is 0 Å². The molecule has 0 bridgehead atoms. The molecule has 0 radical (unpaired) electrons. The van der Waals surface area contributed by atoms with Gasteiger partial charge in [-0.2, -0.15) is 0 Å². The second-order valence-electron chi connectivity index (χ2n) is 1.28. The third-order valence-corrected chi connectivity index (χ3v) is 1.05. The second-order valence-corrected chi connectivity index (χ2v) is 1.83. The molecule has 0 amide bonds. The predicted octanol–water partition coefficient (Wildman–Crippen LogP) is 0.838. The average molecular weight is 120 g/mol. The number of unbranched alkanes of at least 4 members (excludes halogenated alkanes) is 1. The third-order valence-electron chi connectivity index (χ3n) is 0.655. The van der Waals surface area contributed by atoms with Crippen LogP contribution in [0.4, 0.5) is 0 Å². The first-order valence-electron chi connectivity index (χ1n) is 2.31. The maximum atomic E-state index is 3.07. The summed E-state index contributed by atoms with van der Waals surface area (Å²) in [5, 5.41) is 0. The molecule has 1 N–H and O–H groups in total. The normalized spacial score (nSPS) is 8.67. The van der Waals surface area contributed by atoms with E-state index in [0.717, 1.165) is 6.54 Å². The summed E-state index contributed by atoms with van der Waals surface area (Å²) in [6, 6.07) is 0. The van der Waals surface area contributed by atoms with Crippen molar-refractivity contribution >= 4 is 0 Å². The Bertz CT molecular complexity index is 19.5. The number of nitrogens with one attached hydrogen (secondary N) is 1. The SMILES string of the molecule is CCCC[NH][Ti]. The Morgan fingerprint density at radius 2 is 2.33 bits per heavy atom. The van der Waals surface area contributed by atoms with E-state index in [2.05, 4.69) is 10.7 Å². The van der Waals surface area contributed by atoms with E-state index >= 15 is 0 Å². The van der Waals surface area contributed by atoms with Gasteiger partial charge in [-0.1, -0.05) is 0 Å². The predicted molar refractivity (Wildman–Crippen MR) is 22.9 cm³/mol. The first-order chi connectivity index (χ1) is 2.91. The van der Waals surface area contributed by atoms with Crippen molar-refractivity contribution in [1.82, 2.24) is 3.80 Å². The molecule has 0 aromatic rings. The van der Waals surface area contributed by atoms with Gasteiger partial charge in [0, 0.05) is 0 Å². The molecule has 0 atom stereocenters. The van der Waals surface area contributed by atoms with Crippen LogP contribution in [0.2, 0.25) is 0 Å². The van der Waals surface area contributed by atoms with Gasteiger partial charge in [-0.05, 0) is 0 Å². The fourth-order valence-corrected chi connectivity index (χ4v) is 0.541. The molecule has 0 spiro atoms. The summed E-state index contributed by atoms with van der Waals surface area (Å²) < 4.78 is 3.07. The topological polar surface area (TPSA) is 12.0 Å². The maximum absolute atomic E-state index is 3.07. The molecule has 0 aliphatic heterocycles. The van der Waals surface area contributed by atoms with Crippen LogP contribution in [-0.4, -0.2) is 6.54 Å². The first-order valence-corrected chi connectivity index (χ1v) is 3.09. The summed E-state index contributed by atoms with van der Waals surface area (Å²) in [4.78, 5) is 0. The van der Waals surface area contributed by atoms with Crippen LogP contribution < -0.4 is 3.80 Å². The van der Waals surface area contributed by atoms with E-state index in [4.69, 9.17) is 0 Å². The zero-order chi connectivity index (χ0) is 4.83. The molecule has 0 aliphatic carbocycles. The molecule has 0 aromatic heterocycles. The van der Waals surface area contributed by atoms with Crippen molar-refractivity contribution in [3.8, 4) is 0 Å². The summed E-state index contributed by atoms with van der Waals surface area (Å²) in [5.41, 5.74) is 0. The van der Waals surface area contributed by atoms with E-state index in [1.807, 2.05) is 20.7 Å². The van der Waals surface area contributed by atoms with Crippen LogP contribution in [0.25, 0.3) is 0 Å². The zero-order valence-corrected chi connectivity index (χ0v) is 5.68. The van der Waals surface area contributed by atoms with E-state index in [0.29, 0.717) is 0 Å². The number of rotatable bonds is 3. The molecule has 0 saturated heterocycles. The van der Waals surface area contributed by atoms with Gasteiger partial charge in [0.05, 0.1) is 0 Å². The Morgan fingerprint density at radius 1 is 1.67 bits per heavy atom. The third kappa shape index (κ3) is 4.67. The fraction of sp³-hybridized carbons (Fsp3) is 1.00. The average Bonchev–Trinajstić information content (AvgIpc) is 1.61. The molecule has 0 rings (SSSR count). The van der Waals surface area contributed by atoms with Gasteiger partial charge in [-0.15, -0.1) is 0 Å². The standard InChI is InChI=1S/C4H10N.Ti/c1-2-3-4-5;/h5H,2-4H2,1H3;/q-1;+1. The summed E-state index contributed by atoms with van der Waals surface area (Å²) in [6.45, 7) is 3.36.